The third-order valence-corrected chi connectivity index (χ3v) is 2.77. The van der Waals surface area contributed by atoms with Gasteiger partial charge < -0.3 is 0 Å². The Bertz CT molecular complexity index is 396. The largest absolute Gasteiger partial charge is 0.294 e. The molecule has 0 spiro atoms. The van der Waals surface area contributed by atoms with Gasteiger partial charge in [-0.15, -0.1) is 0 Å². The van der Waals surface area contributed by atoms with E-state index < -0.39 is 0 Å². The van der Waals surface area contributed by atoms with Crippen LogP contribution in [0.15, 0.2) is 29.8 Å². The number of benzene rings is 1. The molecule has 0 saturated heterocycles. The van der Waals surface area contributed by atoms with Crippen molar-refractivity contribution in [3.05, 3.63) is 41.0 Å². The highest BCUT2D eigenvalue weighted by Gasteiger charge is 2.26. The van der Waals surface area contributed by atoms with Crippen molar-refractivity contribution >= 4 is 11.4 Å². The van der Waals surface area contributed by atoms with Crippen molar-refractivity contribution in [2.24, 2.45) is 0 Å². The summed E-state index contributed by atoms with van der Waals surface area (Å²) in [5.74, 6) is 0.297. The van der Waals surface area contributed by atoms with Gasteiger partial charge in [0.2, 0.25) is 0 Å². The van der Waals surface area contributed by atoms with Crippen LogP contribution in [-0.4, -0.2) is 5.78 Å². The van der Waals surface area contributed by atoms with E-state index in [2.05, 4.69) is 26.0 Å². The molecule has 0 atom stereocenters. The van der Waals surface area contributed by atoms with Crippen LogP contribution >= 0.6 is 0 Å². The maximum absolute atomic E-state index is 11.4. The summed E-state index contributed by atoms with van der Waals surface area (Å²) in [6, 6.07) is 8.19. The van der Waals surface area contributed by atoms with E-state index >= 15 is 0 Å². The molecule has 1 nitrogen and oxygen atoms in total. The Morgan fingerprint density at radius 2 is 1.86 bits per heavy atom. The Morgan fingerprint density at radius 1 is 1.21 bits per heavy atom. The summed E-state index contributed by atoms with van der Waals surface area (Å²) in [7, 11) is 0. The van der Waals surface area contributed by atoms with Gasteiger partial charge in [0.15, 0.2) is 5.78 Å². The van der Waals surface area contributed by atoms with E-state index in [1.807, 2.05) is 12.1 Å². The predicted molar refractivity (Wildman–Crippen MR) is 58.0 cm³/mol. The van der Waals surface area contributed by atoms with E-state index in [4.69, 9.17) is 0 Å². The van der Waals surface area contributed by atoms with Gasteiger partial charge in [0.05, 0.1) is 0 Å². The maximum atomic E-state index is 11.4. The van der Waals surface area contributed by atoms with Crippen molar-refractivity contribution in [3.8, 4) is 0 Å². The van der Waals surface area contributed by atoms with E-state index in [-0.39, 0.29) is 0 Å². The van der Waals surface area contributed by atoms with Gasteiger partial charge in [-0.1, -0.05) is 42.3 Å². The van der Waals surface area contributed by atoms with Crippen LogP contribution in [0.1, 0.15) is 30.9 Å². The second-order valence-corrected chi connectivity index (χ2v) is 3.80. The van der Waals surface area contributed by atoms with E-state index in [1.165, 1.54) is 11.1 Å². The van der Waals surface area contributed by atoms with Crippen LogP contribution in [0.2, 0.25) is 0 Å². The Labute approximate surface area is 84.5 Å². The number of rotatable bonds is 2. The minimum atomic E-state index is 0.297. The Hall–Kier alpha value is -1.37. The van der Waals surface area contributed by atoms with Gasteiger partial charge in [0, 0.05) is 12.0 Å². The third kappa shape index (κ3) is 1.39. The highest BCUT2D eigenvalue weighted by molar-refractivity contribution is 6.28. The molecule has 0 fully saturated rings. The number of aryl methyl sites for hydroxylation is 1. The number of allylic oxidation sites excluding steroid dienone is 2. The lowest BCUT2D eigenvalue weighted by Gasteiger charge is -2.21. The molecule has 1 aromatic carbocycles. The van der Waals surface area contributed by atoms with E-state index in [1.54, 1.807) is 0 Å². The van der Waals surface area contributed by atoms with Crippen LogP contribution in [-0.2, 0) is 4.79 Å². The average molecular weight is 186 g/mol. The molecule has 0 unspecified atom stereocenters. The van der Waals surface area contributed by atoms with Crippen molar-refractivity contribution in [1.82, 2.24) is 0 Å². The molecule has 14 heavy (non-hydrogen) atoms. The quantitative estimate of drug-likeness (QED) is 0.693. The second-order valence-electron chi connectivity index (χ2n) is 3.80. The van der Waals surface area contributed by atoms with Gasteiger partial charge in [-0.25, -0.2) is 0 Å². The fourth-order valence-corrected chi connectivity index (χ4v) is 1.85. The highest BCUT2D eigenvalue weighted by atomic mass is 16.1. The van der Waals surface area contributed by atoms with Crippen molar-refractivity contribution in [3.63, 3.8) is 0 Å². The van der Waals surface area contributed by atoms with Crippen molar-refractivity contribution < 1.29 is 4.79 Å². The molecule has 0 amide bonds. The predicted octanol–water partition coefficient (Wildman–Crippen LogP) is 3.13. The zero-order valence-electron chi connectivity index (χ0n) is 8.63. The minimum Gasteiger partial charge on any atom is -0.294 e. The molecular weight excluding hydrogens is 172 g/mol. The summed E-state index contributed by atoms with van der Waals surface area (Å²) in [5.41, 5.74) is 4.59. The number of carbonyl (C=O) groups excluding carboxylic acids is 1. The summed E-state index contributed by atoms with van der Waals surface area (Å²) in [5, 5.41) is 0. The molecule has 0 aliphatic heterocycles. The molecule has 0 N–H and O–H groups in total. The SMILES string of the molecule is CCC1=C(c2ccc(C)cc2)C(=O)C1. The van der Waals surface area contributed by atoms with Crippen molar-refractivity contribution in [1.29, 1.82) is 0 Å². The highest BCUT2D eigenvalue weighted by Crippen LogP contribution is 2.34. The van der Waals surface area contributed by atoms with Crippen LogP contribution in [0.3, 0.4) is 0 Å². The fourth-order valence-electron chi connectivity index (χ4n) is 1.85. The Morgan fingerprint density at radius 3 is 2.36 bits per heavy atom. The zero-order valence-corrected chi connectivity index (χ0v) is 8.63. The van der Waals surface area contributed by atoms with Crippen molar-refractivity contribution in [2.45, 2.75) is 26.7 Å². The lowest BCUT2D eigenvalue weighted by atomic mass is 9.81. The van der Waals surface area contributed by atoms with Crippen molar-refractivity contribution in [2.75, 3.05) is 0 Å². The first-order chi connectivity index (χ1) is 6.72. The fraction of sp³-hybridized carbons (Fsp3) is 0.308. The monoisotopic (exact) mass is 186 g/mol. The Balaban J connectivity index is 2.40. The summed E-state index contributed by atoms with van der Waals surface area (Å²) in [6.45, 7) is 4.16. The molecule has 0 aromatic heterocycles. The van der Waals surface area contributed by atoms with Gasteiger partial charge in [-0.05, 0) is 18.9 Å². The van der Waals surface area contributed by atoms with Gasteiger partial charge >= 0.3 is 0 Å². The first kappa shape index (κ1) is 9.20. The normalized spacial score (nSPS) is 15.7. The van der Waals surface area contributed by atoms with E-state index in [9.17, 15) is 4.79 Å². The topological polar surface area (TPSA) is 17.1 Å². The third-order valence-electron chi connectivity index (χ3n) is 2.77. The van der Waals surface area contributed by atoms with Crippen LogP contribution in [0.25, 0.3) is 5.57 Å². The van der Waals surface area contributed by atoms with Gasteiger partial charge in [0.25, 0.3) is 0 Å². The lowest BCUT2D eigenvalue weighted by molar-refractivity contribution is -0.114. The smallest absolute Gasteiger partial charge is 0.167 e. The molecule has 0 radical (unpaired) electrons. The molecule has 1 heteroatoms. The molecule has 2 rings (SSSR count). The molecule has 0 bridgehead atoms. The first-order valence-corrected chi connectivity index (χ1v) is 5.04. The van der Waals surface area contributed by atoms with Gasteiger partial charge in [-0.2, -0.15) is 0 Å². The average Bonchev–Trinajstić information content (AvgIpc) is 2.17. The number of carbonyl (C=O) groups is 1. The second kappa shape index (κ2) is 3.41. The molecule has 1 aromatic rings. The van der Waals surface area contributed by atoms with Crippen LogP contribution in [0.5, 0.6) is 0 Å². The van der Waals surface area contributed by atoms with Crippen LogP contribution in [0.4, 0.5) is 0 Å². The minimum absolute atomic E-state index is 0.297. The maximum Gasteiger partial charge on any atom is 0.167 e. The molecule has 72 valence electrons. The van der Waals surface area contributed by atoms with Crippen LogP contribution in [0, 0.1) is 6.92 Å². The Kier molecular flexibility index (Phi) is 2.24. The zero-order chi connectivity index (χ0) is 10.1. The molecule has 1 aliphatic rings. The summed E-state index contributed by atoms with van der Waals surface area (Å²) >= 11 is 0. The number of hydrogen-bond donors (Lipinski definition) is 0. The molecule has 0 saturated carbocycles. The standard InChI is InChI=1S/C13H14O/c1-3-10-8-12(14)13(10)11-6-4-9(2)5-7-11/h4-7H,3,8H2,1-2H3. The lowest BCUT2D eigenvalue weighted by Crippen LogP contribution is -2.16. The van der Waals surface area contributed by atoms with Gasteiger partial charge in [-0.3, -0.25) is 4.79 Å². The van der Waals surface area contributed by atoms with E-state index in [0.29, 0.717) is 12.2 Å². The molecular formula is C13H14O. The number of hydrogen-bond acceptors (Lipinski definition) is 1. The van der Waals surface area contributed by atoms with Crippen LogP contribution < -0.4 is 0 Å². The summed E-state index contributed by atoms with van der Waals surface area (Å²) in [6.07, 6.45) is 1.66. The molecule has 1 aliphatic carbocycles. The molecule has 0 heterocycles. The summed E-state index contributed by atoms with van der Waals surface area (Å²) in [4.78, 5) is 11.4. The summed E-state index contributed by atoms with van der Waals surface area (Å²) < 4.78 is 0. The van der Waals surface area contributed by atoms with E-state index in [0.717, 1.165) is 17.6 Å². The van der Waals surface area contributed by atoms with Gasteiger partial charge in [0.1, 0.15) is 0 Å². The first-order valence-electron chi connectivity index (χ1n) is 5.04. The number of Topliss-reactive ketones (excluding diaryl/α,β-unsaturated/α-hetero) is 1. The number of ketones is 1.